The van der Waals surface area contributed by atoms with Crippen molar-refractivity contribution in [2.45, 2.75) is 13.5 Å². The number of anilines is 1. The van der Waals surface area contributed by atoms with Crippen LogP contribution in [0.5, 0.6) is 0 Å². The normalized spacial score (nSPS) is 16.5. The predicted molar refractivity (Wildman–Crippen MR) is 103 cm³/mol. The number of benzene rings is 1. The van der Waals surface area contributed by atoms with Gasteiger partial charge in [-0.3, -0.25) is 9.69 Å². The molecule has 136 valence electrons. The Morgan fingerprint density at radius 2 is 1.88 bits per heavy atom. The van der Waals surface area contributed by atoms with Gasteiger partial charge < -0.3 is 21.3 Å². The number of piperazine rings is 1. The molecule has 1 heterocycles. The highest BCUT2D eigenvalue weighted by Crippen LogP contribution is 2.10. The molecule has 1 aromatic carbocycles. The Morgan fingerprint density at radius 1 is 1.24 bits per heavy atom. The summed E-state index contributed by atoms with van der Waals surface area (Å²) in [6.07, 6.45) is 1.86. The second-order valence-electron chi connectivity index (χ2n) is 6.60. The number of hydrogen-bond acceptors (Lipinski definition) is 5. The molecule has 0 unspecified atom stereocenters. The highest BCUT2D eigenvalue weighted by Gasteiger charge is 2.13. The van der Waals surface area contributed by atoms with E-state index in [0.29, 0.717) is 12.1 Å². The summed E-state index contributed by atoms with van der Waals surface area (Å²) in [5.74, 6) is -0.123. The minimum atomic E-state index is -0.123. The summed E-state index contributed by atoms with van der Waals surface area (Å²) in [5, 5.41) is 6.04. The third-order valence-electron chi connectivity index (χ3n) is 4.22. The van der Waals surface area contributed by atoms with E-state index in [-0.39, 0.29) is 5.91 Å². The van der Waals surface area contributed by atoms with Crippen LogP contribution in [-0.2, 0) is 11.3 Å². The minimum Gasteiger partial charge on any atom is -0.400 e. The smallest absolute Gasteiger partial charge is 0.246 e. The lowest BCUT2D eigenvalue weighted by atomic mass is 10.2. The first-order valence-electron chi connectivity index (χ1n) is 8.58. The molecule has 0 aromatic heterocycles. The van der Waals surface area contributed by atoms with Crippen LogP contribution in [0.4, 0.5) is 5.69 Å². The molecule has 0 bridgehead atoms. The van der Waals surface area contributed by atoms with E-state index in [4.69, 9.17) is 5.73 Å². The molecule has 0 spiro atoms. The molecule has 1 saturated heterocycles. The summed E-state index contributed by atoms with van der Waals surface area (Å²) >= 11 is 0. The Hall–Kier alpha value is -2.31. The number of carbonyl (C=O) groups excluding carboxylic acids is 1. The molecule has 6 nitrogen and oxygen atoms in total. The van der Waals surface area contributed by atoms with Crippen molar-refractivity contribution in [1.82, 2.24) is 15.1 Å². The third-order valence-corrected chi connectivity index (χ3v) is 4.22. The molecule has 1 aliphatic heterocycles. The number of carbonyl (C=O) groups is 1. The van der Waals surface area contributed by atoms with Crippen molar-refractivity contribution in [2.24, 2.45) is 5.73 Å². The van der Waals surface area contributed by atoms with Gasteiger partial charge in [-0.25, -0.2) is 0 Å². The number of nitrogens with one attached hydrogen (secondary N) is 2. The molecule has 4 N–H and O–H groups in total. The van der Waals surface area contributed by atoms with Crippen LogP contribution in [-0.4, -0.2) is 55.5 Å². The van der Waals surface area contributed by atoms with E-state index < -0.39 is 0 Å². The van der Waals surface area contributed by atoms with Gasteiger partial charge in [0.1, 0.15) is 0 Å². The molecule has 0 aliphatic carbocycles. The van der Waals surface area contributed by atoms with Gasteiger partial charge in [0.25, 0.3) is 0 Å². The first-order valence-corrected chi connectivity index (χ1v) is 8.58. The Morgan fingerprint density at radius 3 is 2.48 bits per heavy atom. The molecule has 2 rings (SSSR count). The van der Waals surface area contributed by atoms with E-state index in [1.54, 1.807) is 6.92 Å². The summed E-state index contributed by atoms with van der Waals surface area (Å²) in [6.45, 7) is 10.9. The topological polar surface area (TPSA) is 73.6 Å². The van der Waals surface area contributed by atoms with Gasteiger partial charge in [0, 0.05) is 62.4 Å². The van der Waals surface area contributed by atoms with Gasteiger partial charge in [0.2, 0.25) is 5.91 Å². The van der Waals surface area contributed by atoms with Gasteiger partial charge in [-0.2, -0.15) is 0 Å². The minimum absolute atomic E-state index is 0.123. The van der Waals surface area contributed by atoms with Crippen molar-refractivity contribution in [1.29, 1.82) is 0 Å². The first kappa shape index (κ1) is 19.0. The second kappa shape index (κ2) is 9.25. The summed E-state index contributed by atoms with van der Waals surface area (Å²) in [7, 11) is 2.14. The van der Waals surface area contributed by atoms with Crippen LogP contribution in [0.15, 0.2) is 48.3 Å². The SMILES string of the molecule is C=C(C)C(=O)NCc1ccc(N/C=C(\N)CN2CCN(C)CC2)cc1. The van der Waals surface area contributed by atoms with Crippen molar-refractivity contribution < 1.29 is 4.79 Å². The molecule has 1 aliphatic rings. The van der Waals surface area contributed by atoms with Gasteiger partial charge in [-0.15, -0.1) is 0 Å². The van der Waals surface area contributed by atoms with Crippen molar-refractivity contribution in [3.63, 3.8) is 0 Å². The molecular weight excluding hydrogens is 314 g/mol. The van der Waals surface area contributed by atoms with E-state index in [9.17, 15) is 4.79 Å². The number of amides is 1. The zero-order valence-electron chi connectivity index (χ0n) is 15.2. The van der Waals surface area contributed by atoms with Crippen LogP contribution in [0.3, 0.4) is 0 Å². The Balaban J connectivity index is 1.78. The van der Waals surface area contributed by atoms with Gasteiger partial charge in [0.15, 0.2) is 0 Å². The lowest BCUT2D eigenvalue weighted by Crippen LogP contribution is -2.45. The number of hydrogen-bond donors (Lipinski definition) is 3. The lowest BCUT2D eigenvalue weighted by molar-refractivity contribution is -0.117. The molecule has 1 amide bonds. The van der Waals surface area contributed by atoms with Crippen molar-refractivity contribution >= 4 is 11.6 Å². The Bertz CT molecular complexity index is 615. The lowest BCUT2D eigenvalue weighted by Gasteiger charge is -2.32. The van der Waals surface area contributed by atoms with Crippen LogP contribution in [0.1, 0.15) is 12.5 Å². The van der Waals surface area contributed by atoms with E-state index in [0.717, 1.165) is 49.7 Å². The van der Waals surface area contributed by atoms with Crippen molar-refractivity contribution in [3.8, 4) is 0 Å². The number of nitrogens with zero attached hydrogens (tertiary/aromatic N) is 2. The highest BCUT2D eigenvalue weighted by atomic mass is 16.1. The summed E-state index contributed by atoms with van der Waals surface area (Å²) in [6, 6.07) is 7.90. The number of rotatable bonds is 7. The molecule has 1 aromatic rings. The van der Waals surface area contributed by atoms with E-state index in [2.05, 4.69) is 34.1 Å². The molecule has 6 heteroatoms. The van der Waals surface area contributed by atoms with Gasteiger partial charge >= 0.3 is 0 Å². The van der Waals surface area contributed by atoms with E-state index in [1.807, 2.05) is 30.5 Å². The monoisotopic (exact) mass is 343 g/mol. The zero-order chi connectivity index (χ0) is 18.2. The maximum atomic E-state index is 11.5. The molecule has 25 heavy (non-hydrogen) atoms. The van der Waals surface area contributed by atoms with E-state index >= 15 is 0 Å². The number of likely N-dealkylation sites (N-methyl/N-ethyl adjacent to an activating group) is 1. The van der Waals surface area contributed by atoms with Gasteiger partial charge in [0.05, 0.1) is 0 Å². The van der Waals surface area contributed by atoms with Crippen LogP contribution >= 0.6 is 0 Å². The molecule has 0 saturated carbocycles. The fourth-order valence-electron chi connectivity index (χ4n) is 2.54. The summed E-state index contributed by atoms with van der Waals surface area (Å²) in [5.41, 5.74) is 9.45. The average molecular weight is 343 g/mol. The molecule has 0 atom stereocenters. The van der Waals surface area contributed by atoms with Crippen LogP contribution in [0.2, 0.25) is 0 Å². The maximum absolute atomic E-state index is 11.5. The van der Waals surface area contributed by atoms with Crippen LogP contribution in [0.25, 0.3) is 0 Å². The van der Waals surface area contributed by atoms with Crippen LogP contribution in [0, 0.1) is 0 Å². The second-order valence-corrected chi connectivity index (χ2v) is 6.60. The first-order chi connectivity index (χ1) is 11.9. The van der Waals surface area contributed by atoms with E-state index in [1.165, 1.54) is 0 Å². The van der Waals surface area contributed by atoms with Gasteiger partial charge in [-0.05, 0) is 31.7 Å². The van der Waals surface area contributed by atoms with Crippen LogP contribution < -0.4 is 16.4 Å². The van der Waals surface area contributed by atoms with Gasteiger partial charge in [-0.1, -0.05) is 18.7 Å². The maximum Gasteiger partial charge on any atom is 0.246 e. The van der Waals surface area contributed by atoms with Crippen molar-refractivity contribution in [2.75, 3.05) is 45.1 Å². The molecule has 1 fully saturated rings. The number of nitrogens with two attached hydrogens (primary N) is 1. The predicted octanol–water partition coefficient (Wildman–Crippen LogP) is 1.34. The van der Waals surface area contributed by atoms with Crippen molar-refractivity contribution in [3.05, 3.63) is 53.9 Å². The quantitative estimate of drug-likeness (QED) is 0.652. The molecular formula is C19H29N5O. The standard InChI is InChI=1S/C19H29N5O/c1-15(2)19(25)22-12-16-4-6-18(7-5-16)21-13-17(20)14-24-10-8-23(3)9-11-24/h4-7,13,21H,1,8-12,14,20H2,2-3H3,(H,22,25)/b17-13-. The third kappa shape index (κ3) is 6.60. The Labute approximate surface area is 150 Å². The summed E-state index contributed by atoms with van der Waals surface area (Å²) in [4.78, 5) is 16.2. The Kier molecular flexibility index (Phi) is 7.03. The highest BCUT2D eigenvalue weighted by molar-refractivity contribution is 5.92. The summed E-state index contributed by atoms with van der Waals surface area (Å²) < 4.78 is 0. The largest absolute Gasteiger partial charge is 0.400 e. The average Bonchev–Trinajstić information content (AvgIpc) is 2.60. The fourth-order valence-corrected chi connectivity index (χ4v) is 2.54. The fraction of sp³-hybridized carbons (Fsp3) is 0.421. The molecule has 0 radical (unpaired) electrons. The zero-order valence-corrected chi connectivity index (χ0v) is 15.2.